The Labute approximate surface area is 104 Å². The summed E-state index contributed by atoms with van der Waals surface area (Å²) in [7, 11) is 4.20. The van der Waals surface area contributed by atoms with Crippen LogP contribution in [0.4, 0.5) is 0 Å². The zero-order valence-corrected chi connectivity index (χ0v) is 10.8. The van der Waals surface area contributed by atoms with Gasteiger partial charge in [-0.15, -0.1) is 0 Å². The van der Waals surface area contributed by atoms with Gasteiger partial charge in [0.15, 0.2) is 0 Å². The molecule has 0 aromatic heterocycles. The predicted molar refractivity (Wildman–Crippen MR) is 74.0 cm³/mol. The summed E-state index contributed by atoms with van der Waals surface area (Å²) < 4.78 is 0. The molecule has 2 aromatic rings. The summed E-state index contributed by atoms with van der Waals surface area (Å²) in [5.74, 6) is 0. The van der Waals surface area contributed by atoms with Crippen molar-refractivity contribution in [3.8, 4) is 11.1 Å². The molecule has 0 atom stereocenters. The van der Waals surface area contributed by atoms with E-state index in [0.717, 1.165) is 6.54 Å². The van der Waals surface area contributed by atoms with Gasteiger partial charge in [0.25, 0.3) is 0 Å². The smallest absolute Gasteiger partial charge is 0.0227 e. The third-order valence-corrected chi connectivity index (χ3v) is 2.88. The summed E-state index contributed by atoms with van der Waals surface area (Å²) in [5, 5.41) is 0. The third-order valence-electron chi connectivity index (χ3n) is 2.88. The van der Waals surface area contributed by atoms with Crippen LogP contribution in [-0.2, 0) is 6.54 Å². The minimum absolute atomic E-state index is 0.986. The van der Waals surface area contributed by atoms with Crippen LogP contribution >= 0.6 is 0 Å². The van der Waals surface area contributed by atoms with Crippen LogP contribution in [-0.4, -0.2) is 19.0 Å². The summed E-state index contributed by atoms with van der Waals surface area (Å²) in [5.41, 5.74) is 5.32. The zero-order valence-electron chi connectivity index (χ0n) is 10.8. The fourth-order valence-electron chi connectivity index (χ4n) is 2.10. The highest BCUT2D eigenvalue weighted by atomic mass is 15.0. The van der Waals surface area contributed by atoms with Gasteiger partial charge in [0.05, 0.1) is 0 Å². The topological polar surface area (TPSA) is 3.24 Å². The number of rotatable bonds is 3. The largest absolute Gasteiger partial charge is 0.305 e. The molecular weight excluding hydrogens is 206 g/mol. The maximum atomic E-state index is 2.28. The molecule has 0 spiro atoms. The molecule has 0 saturated carbocycles. The minimum Gasteiger partial charge on any atom is -0.305 e. The van der Waals surface area contributed by atoms with Crippen molar-refractivity contribution in [2.24, 2.45) is 0 Å². The first-order valence-electron chi connectivity index (χ1n) is 5.96. The summed E-state index contributed by atoms with van der Waals surface area (Å²) in [4.78, 5) is 2.19. The quantitative estimate of drug-likeness (QED) is 0.769. The fourth-order valence-corrected chi connectivity index (χ4v) is 2.10. The van der Waals surface area contributed by atoms with Gasteiger partial charge in [-0.05, 0) is 49.3 Å². The molecule has 2 rings (SSSR count). The van der Waals surface area contributed by atoms with Gasteiger partial charge in [0, 0.05) is 6.54 Å². The molecular formula is C16H19N. The highest BCUT2D eigenvalue weighted by Gasteiger charge is 2.02. The van der Waals surface area contributed by atoms with Crippen LogP contribution in [0.2, 0.25) is 0 Å². The van der Waals surface area contributed by atoms with E-state index in [0.29, 0.717) is 0 Å². The van der Waals surface area contributed by atoms with Crippen LogP contribution in [0.1, 0.15) is 11.1 Å². The number of hydrogen-bond acceptors (Lipinski definition) is 1. The predicted octanol–water partition coefficient (Wildman–Crippen LogP) is 3.72. The van der Waals surface area contributed by atoms with Gasteiger partial charge in [0.1, 0.15) is 0 Å². The van der Waals surface area contributed by atoms with Crippen molar-refractivity contribution in [1.29, 1.82) is 0 Å². The van der Waals surface area contributed by atoms with Crippen LogP contribution < -0.4 is 0 Å². The van der Waals surface area contributed by atoms with E-state index in [4.69, 9.17) is 0 Å². The second kappa shape index (κ2) is 5.15. The average Bonchev–Trinajstić information content (AvgIpc) is 2.29. The number of nitrogens with zero attached hydrogens (tertiary/aromatic N) is 1. The average molecular weight is 225 g/mol. The first kappa shape index (κ1) is 11.9. The van der Waals surface area contributed by atoms with Crippen LogP contribution in [0.25, 0.3) is 11.1 Å². The zero-order chi connectivity index (χ0) is 12.3. The maximum Gasteiger partial charge on any atom is 0.0227 e. The van der Waals surface area contributed by atoms with Gasteiger partial charge >= 0.3 is 0 Å². The molecule has 1 nitrogen and oxygen atoms in total. The first-order valence-corrected chi connectivity index (χ1v) is 5.96. The molecule has 1 heteroatoms. The van der Waals surface area contributed by atoms with Crippen molar-refractivity contribution < 1.29 is 0 Å². The molecule has 0 amide bonds. The summed E-state index contributed by atoms with van der Waals surface area (Å²) in [6, 6.07) is 17.3. The Morgan fingerprint density at radius 3 is 2.41 bits per heavy atom. The first-order chi connectivity index (χ1) is 8.16. The Kier molecular flexibility index (Phi) is 3.60. The lowest BCUT2D eigenvalue weighted by atomic mass is 9.99. The second-order valence-corrected chi connectivity index (χ2v) is 4.75. The van der Waals surface area contributed by atoms with E-state index < -0.39 is 0 Å². The molecule has 0 aliphatic heterocycles. The van der Waals surface area contributed by atoms with E-state index in [2.05, 4.69) is 74.4 Å². The Morgan fingerprint density at radius 2 is 1.71 bits per heavy atom. The minimum atomic E-state index is 0.986. The molecule has 0 aliphatic rings. The van der Waals surface area contributed by atoms with Gasteiger partial charge in [-0.2, -0.15) is 0 Å². The molecule has 17 heavy (non-hydrogen) atoms. The monoisotopic (exact) mass is 225 g/mol. The maximum absolute atomic E-state index is 2.28. The molecule has 0 N–H and O–H groups in total. The Bertz CT molecular complexity index is 500. The number of hydrogen-bond donors (Lipinski definition) is 0. The summed E-state index contributed by atoms with van der Waals surface area (Å²) in [6.07, 6.45) is 0. The molecule has 0 heterocycles. The van der Waals surface area contributed by atoms with E-state index in [1.54, 1.807) is 0 Å². The van der Waals surface area contributed by atoms with Crippen molar-refractivity contribution in [2.75, 3.05) is 14.1 Å². The van der Waals surface area contributed by atoms with E-state index >= 15 is 0 Å². The lowest BCUT2D eigenvalue weighted by molar-refractivity contribution is 0.402. The second-order valence-electron chi connectivity index (χ2n) is 4.75. The molecule has 0 fully saturated rings. The van der Waals surface area contributed by atoms with Crippen molar-refractivity contribution in [3.63, 3.8) is 0 Å². The molecule has 0 saturated heterocycles. The van der Waals surface area contributed by atoms with E-state index in [1.165, 1.54) is 22.3 Å². The standard InChI is InChI=1S/C16H19N/c1-13-7-4-5-10-16(13)15-9-6-8-14(11-15)12-17(2)3/h4-11H,12H2,1-3H3. The lowest BCUT2D eigenvalue weighted by Gasteiger charge is -2.12. The van der Waals surface area contributed by atoms with Gasteiger partial charge in [-0.3, -0.25) is 0 Å². The normalized spacial score (nSPS) is 10.8. The number of aryl methyl sites for hydroxylation is 1. The van der Waals surface area contributed by atoms with E-state index in [1.807, 2.05) is 0 Å². The van der Waals surface area contributed by atoms with Crippen molar-refractivity contribution in [1.82, 2.24) is 4.90 Å². The Hall–Kier alpha value is -1.60. The van der Waals surface area contributed by atoms with Crippen LogP contribution in [0.5, 0.6) is 0 Å². The van der Waals surface area contributed by atoms with Gasteiger partial charge < -0.3 is 4.90 Å². The lowest BCUT2D eigenvalue weighted by Crippen LogP contribution is -2.10. The molecule has 2 aromatic carbocycles. The molecule has 0 bridgehead atoms. The van der Waals surface area contributed by atoms with Crippen LogP contribution in [0.15, 0.2) is 48.5 Å². The van der Waals surface area contributed by atoms with E-state index in [-0.39, 0.29) is 0 Å². The Balaban J connectivity index is 2.37. The van der Waals surface area contributed by atoms with Gasteiger partial charge in [-0.25, -0.2) is 0 Å². The Morgan fingerprint density at radius 1 is 0.941 bits per heavy atom. The van der Waals surface area contributed by atoms with E-state index in [9.17, 15) is 0 Å². The third kappa shape index (κ3) is 2.95. The van der Waals surface area contributed by atoms with Crippen LogP contribution in [0, 0.1) is 6.92 Å². The highest BCUT2D eigenvalue weighted by Crippen LogP contribution is 2.24. The highest BCUT2D eigenvalue weighted by molar-refractivity contribution is 5.67. The van der Waals surface area contributed by atoms with Gasteiger partial charge in [0.2, 0.25) is 0 Å². The van der Waals surface area contributed by atoms with Gasteiger partial charge in [-0.1, -0.05) is 42.5 Å². The van der Waals surface area contributed by atoms with Crippen LogP contribution in [0.3, 0.4) is 0 Å². The molecule has 88 valence electrons. The summed E-state index contributed by atoms with van der Waals surface area (Å²) >= 11 is 0. The summed E-state index contributed by atoms with van der Waals surface area (Å²) in [6.45, 7) is 3.15. The molecule has 0 aliphatic carbocycles. The molecule has 0 radical (unpaired) electrons. The molecule has 0 unspecified atom stereocenters. The van der Waals surface area contributed by atoms with Crippen molar-refractivity contribution >= 4 is 0 Å². The SMILES string of the molecule is Cc1ccccc1-c1cccc(CN(C)C)c1. The van der Waals surface area contributed by atoms with Crippen molar-refractivity contribution in [3.05, 3.63) is 59.7 Å². The number of benzene rings is 2. The van der Waals surface area contributed by atoms with Crippen molar-refractivity contribution in [2.45, 2.75) is 13.5 Å². The fraction of sp³-hybridized carbons (Fsp3) is 0.250.